The Balaban J connectivity index is 3.07. The summed E-state index contributed by atoms with van der Waals surface area (Å²) in [5.41, 5.74) is -0.0635. The Hall–Kier alpha value is -1.13. The molecular formula is C7H7N2OS+. The Morgan fingerprint density at radius 2 is 2.09 bits per heavy atom. The van der Waals surface area contributed by atoms with Gasteiger partial charge in [0.05, 0.1) is 0 Å². The molecule has 0 radical (unpaired) electrons. The van der Waals surface area contributed by atoms with Crippen LogP contribution in [0.2, 0.25) is 0 Å². The number of aromatic nitrogens is 1. The second-order valence-electron chi connectivity index (χ2n) is 2.27. The second-order valence-corrected chi connectivity index (χ2v) is 3.58. The molecule has 1 aromatic heterocycles. The molecule has 3 nitrogen and oxygen atoms in total. The average Bonchev–Trinajstić information content (AvgIpc) is 2.30. The predicted octanol–water partition coefficient (Wildman–Crippen LogP) is 0.991. The van der Waals surface area contributed by atoms with Gasteiger partial charge in [-0.3, -0.25) is 4.79 Å². The minimum Gasteiger partial charge on any atom is -0.264 e. The third kappa shape index (κ3) is 0.875. The molecule has 0 fully saturated rings. The molecule has 0 saturated carbocycles. The van der Waals surface area contributed by atoms with E-state index in [2.05, 4.69) is 4.37 Å². The Morgan fingerprint density at radius 3 is 2.82 bits per heavy atom. The average molecular weight is 167 g/mol. The van der Waals surface area contributed by atoms with E-state index in [1.807, 2.05) is 18.2 Å². The molecule has 11 heavy (non-hydrogen) atoms. The molecule has 0 bridgehead atoms. The van der Waals surface area contributed by atoms with E-state index in [1.165, 1.54) is 0 Å². The van der Waals surface area contributed by atoms with Gasteiger partial charge in [-0.2, -0.15) is 0 Å². The standard InChI is InChI=1S/C7H6N2OS/c8-11-6-4-2-1-3-5(6)7(10)9-11/h1-4H,(H2,8,9,10)/p+1. The summed E-state index contributed by atoms with van der Waals surface area (Å²) >= 11 is 0. The van der Waals surface area contributed by atoms with Crippen molar-refractivity contribution in [1.82, 2.24) is 4.37 Å². The number of nitrogens with two attached hydrogens (primary N) is 1. The van der Waals surface area contributed by atoms with Crippen LogP contribution in [-0.4, -0.2) is 4.37 Å². The number of aromatic amines is 1. The third-order valence-corrected chi connectivity index (χ3v) is 2.81. The van der Waals surface area contributed by atoms with Crippen LogP contribution >= 0.6 is 10.9 Å². The lowest BCUT2D eigenvalue weighted by molar-refractivity contribution is 1.45. The Kier molecular flexibility index (Phi) is 1.30. The van der Waals surface area contributed by atoms with E-state index >= 15 is 0 Å². The lowest BCUT2D eigenvalue weighted by Crippen LogP contribution is -1.96. The van der Waals surface area contributed by atoms with Crippen molar-refractivity contribution in [3.8, 4) is 0 Å². The van der Waals surface area contributed by atoms with E-state index in [4.69, 9.17) is 5.14 Å². The first-order valence-electron chi connectivity index (χ1n) is 3.18. The summed E-state index contributed by atoms with van der Waals surface area (Å²) in [6.45, 7) is 0. The number of benzene rings is 1. The van der Waals surface area contributed by atoms with Crippen molar-refractivity contribution in [3.63, 3.8) is 0 Å². The predicted molar refractivity (Wildman–Crippen MR) is 47.2 cm³/mol. The van der Waals surface area contributed by atoms with Gasteiger partial charge in [0.25, 0.3) is 0 Å². The fourth-order valence-electron chi connectivity index (χ4n) is 1.06. The first-order valence-corrected chi connectivity index (χ1v) is 4.46. The summed E-state index contributed by atoms with van der Waals surface area (Å²) in [5, 5.41) is 6.34. The van der Waals surface area contributed by atoms with Gasteiger partial charge in [-0.15, -0.1) is 9.51 Å². The highest BCUT2D eigenvalue weighted by molar-refractivity contribution is 7.32. The lowest BCUT2D eigenvalue weighted by Gasteiger charge is -1.77. The van der Waals surface area contributed by atoms with Gasteiger partial charge < -0.3 is 0 Å². The Labute approximate surface area is 65.7 Å². The van der Waals surface area contributed by atoms with E-state index in [0.29, 0.717) is 5.39 Å². The summed E-state index contributed by atoms with van der Waals surface area (Å²) in [4.78, 5) is 11.1. The molecule has 0 aliphatic rings. The van der Waals surface area contributed by atoms with Crippen molar-refractivity contribution in [3.05, 3.63) is 34.6 Å². The van der Waals surface area contributed by atoms with Gasteiger partial charge in [-0.1, -0.05) is 12.1 Å². The van der Waals surface area contributed by atoms with Crippen LogP contribution in [0, 0.1) is 0 Å². The maximum absolute atomic E-state index is 11.1. The zero-order chi connectivity index (χ0) is 7.84. The van der Waals surface area contributed by atoms with Crippen molar-refractivity contribution < 1.29 is 0 Å². The van der Waals surface area contributed by atoms with Crippen molar-refractivity contribution in [1.29, 1.82) is 0 Å². The van der Waals surface area contributed by atoms with Gasteiger partial charge in [-0.25, -0.2) is 0 Å². The van der Waals surface area contributed by atoms with Crippen LogP contribution < -0.4 is 10.7 Å². The van der Waals surface area contributed by atoms with Crippen LogP contribution in [0.1, 0.15) is 0 Å². The maximum Gasteiger partial charge on any atom is 0.302 e. The molecule has 1 unspecified atom stereocenters. The highest BCUT2D eigenvalue weighted by atomic mass is 32.2. The smallest absolute Gasteiger partial charge is 0.264 e. The van der Waals surface area contributed by atoms with Crippen molar-refractivity contribution in [2.24, 2.45) is 0 Å². The second kappa shape index (κ2) is 2.18. The molecule has 0 aliphatic heterocycles. The highest BCUT2D eigenvalue weighted by Crippen LogP contribution is 2.17. The molecular weight excluding hydrogens is 160 g/mol. The minimum absolute atomic E-state index is 0.0635. The SMILES string of the molecule is N[s+]1[nH]c(=O)c2ccccc21. The first-order chi connectivity index (χ1) is 5.29. The number of hydrogen-bond donors (Lipinski definition) is 2. The highest BCUT2D eigenvalue weighted by Gasteiger charge is 2.11. The fraction of sp³-hybridized carbons (Fsp3) is 0. The normalized spacial score (nSPS) is 12.3. The summed E-state index contributed by atoms with van der Waals surface area (Å²) in [6, 6.07) is 7.37. The van der Waals surface area contributed by atoms with E-state index in [0.717, 1.165) is 4.70 Å². The Morgan fingerprint density at radius 1 is 1.36 bits per heavy atom. The van der Waals surface area contributed by atoms with Gasteiger partial charge in [0.2, 0.25) is 4.70 Å². The minimum atomic E-state index is -0.577. The van der Waals surface area contributed by atoms with E-state index in [-0.39, 0.29) is 5.56 Å². The lowest BCUT2D eigenvalue weighted by atomic mass is 10.3. The molecule has 0 saturated heterocycles. The van der Waals surface area contributed by atoms with Gasteiger partial charge >= 0.3 is 5.56 Å². The van der Waals surface area contributed by atoms with Crippen LogP contribution in [0.25, 0.3) is 10.1 Å². The Bertz CT molecular complexity index is 443. The molecule has 0 aliphatic carbocycles. The van der Waals surface area contributed by atoms with Crippen molar-refractivity contribution in [2.75, 3.05) is 5.14 Å². The number of hydrogen-bond acceptors (Lipinski definition) is 2. The molecule has 4 heteroatoms. The summed E-state index contributed by atoms with van der Waals surface area (Å²) in [7, 11) is -0.577. The van der Waals surface area contributed by atoms with Gasteiger partial charge in [0.1, 0.15) is 5.39 Å². The molecule has 1 heterocycles. The number of nitrogen functional groups attached to an aromatic ring is 1. The fourth-order valence-corrected chi connectivity index (χ4v) is 2.10. The van der Waals surface area contributed by atoms with E-state index in [1.54, 1.807) is 6.07 Å². The number of nitrogens with one attached hydrogen (secondary N) is 1. The van der Waals surface area contributed by atoms with Gasteiger partial charge in [0.15, 0.2) is 10.9 Å². The molecule has 1 aromatic carbocycles. The van der Waals surface area contributed by atoms with Crippen LogP contribution in [0.15, 0.2) is 29.1 Å². The molecule has 1 atom stereocenters. The molecule has 0 spiro atoms. The van der Waals surface area contributed by atoms with E-state index < -0.39 is 10.9 Å². The van der Waals surface area contributed by atoms with Crippen molar-refractivity contribution in [2.45, 2.75) is 0 Å². The van der Waals surface area contributed by atoms with E-state index in [9.17, 15) is 4.79 Å². The zero-order valence-electron chi connectivity index (χ0n) is 5.70. The van der Waals surface area contributed by atoms with Gasteiger partial charge in [0, 0.05) is 6.07 Å². The number of fused-ring (bicyclic) bond motifs is 1. The third-order valence-electron chi connectivity index (χ3n) is 1.57. The van der Waals surface area contributed by atoms with Crippen LogP contribution in [0.5, 0.6) is 0 Å². The molecule has 56 valence electrons. The summed E-state index contributed by atoms with van der Waals surface area (Å²) in [6.07, 6.45) is 0. The first kappa shape index (κ1) is 6.57. The summed E-state index contributed by atoms with van der Waals surface area (Å²) < 4.78 is 3.56. The van der Waals surface area contributed by atoms with Crippen LogP contribution in [0.4, 0.5) is 0 Å². The number of rotatable bonds is 0. The van der Waals surface area contributed by atoms with Crippen LogP contribution in [0.3, 0.4) is 0 Å². The van der Waals surface area contributed by atoms with Crippen LogP contribution in [-0.2, 0) is 0 Å². The largest absolute Gasteiger partial charge is 0.302 e. The molecule has 2 aromatic rings. The summed E-state index contributed by atoms with van der Waals surface area (Å²) in [5.74, 6) is 0. The zero-order valence-corrected chi connectivity index (χ0v) is 6.52. The monoisotopic (exact) mass is 167 g/mol. The van der Waals surface area contributed by atoms with Crippen molar-refractivity contribution >= 4 is 20.9 Å². The number of H-pyrrole nitrogens is 1. The topological polar surface area (TPSA) is 58.9 Å². The van der Waals surface area contributed by atoms with Gasteiger partial charge in [-0.05, 0) is 6.07 Å². The quantitative estimate of drug-likeness (QED) is 0.575. The maximum atomic E-state index is 11.1. The molecule has 0 amide bonds. The molecule has 3 N–H and O–H groups in total. The molecule has 2 rings (SSSR count).